The van der Waals surface area contributed by atoms with Crippen molar-refractivity contribution in [3.05, 3.63) is 93.5 Å². The monoisotopic (exact) mass is 471 g/mol. The summed E-state index contributed by atoms with van der Waals surface area (Å²) in [5.74, 6) is 1.64. The van der Waals surface area contributed by atoms with E-state index in [0.29, 0.717) is 46.9 Å². The van der Waals surface area contributed by atoms with Gasteiger partial charge in [0.25, 0.3) is 11.5 Å². The number of amides is 1. The second kappa shape index (κ2) is 9.13. The summed E-state index contributed by atoms with van der Waals surface area (Å²) in [6, 6.07) is 13.8. The van der Waals surface area contributed by atoms with Crippen LogP contribution in [0.3, 0.4) is 0 Å². The maximum Gasteiger partial charge on any atom is 0.254 e. The third-order valence-electron chi connectivity index (χ3n) is 6.44. The van der Waals surface area contributed by atoms with E-state index in [1.54, 1.807) is 56.8 Å². The lowest BCUT2D eigenvalue weighted by atomic mass is 9.87. The lowest BCUT2D eigenvalue weighted by molar-refractivity contribution is 0.0693. The highest BCUT2D eigenvalue weighted by molar-refractivity contribution is 5.95. The lowest BCUT2D eigenvalue weighted by Gasteiger charge is -2.38. The minimum atomic E-state index is -0.626. The van der Waals surface area contributed by atoms with Crippen LogP contribution in [0.5, 0.6) is 17.2 Å². The van der Waals surface area contributed by atoms with Crippen molar-refractivity contribution in [3.63, 3.8) is 0 Å². The molecule has 1 aliphatic heterocycles. The van der Waals surface area contributed by atoms with Crippen LogP contribution < -0.4 is 19.8 Å². The normalized spacial score (nSPS) is 14.9. The summed E-state index contributed by atoms with van der Waals surface area (Å²) in [4.78, 5) is 35.8. The van der Waals surface area contributed by atoms with E-state index in [4.69, 9.17) is 14.2 Å². The van der Waals surface area contributed by atoms with Gasteiger partial charge in [-0.2, -0.15) is 0 Å². The molecule has 35 heavy (non-hydrogen) atoms. The fourth-order valence-electron chi connectivity index (χ4n) is 4.69. The zero-order valence-corrected chi connectivity index (χ0v) is 19.7. The molecule has 1 aliphatic rings. The maximum atomic E-state index is 13.7. The van der Waals surface area contributed by atoms with Gasteiger partial charge in [-0.25, -0.2) is 0 Å². The van der Waals surface area contributed by atoms with Gasteiger partial charge in [-0.15, -0.1) is 0 Å². The number of rotatable bonds is 5. The molecule has 0 saturated carbocycles. The van der Waals surface area contributed by atoms with Gasteiger partial charge in [-0.05, 0) is 66.1 Å². The quantitative estimate of drug-likeness (QED) is 0.477. The molecule has 178 valence electrons. The molecular formula is C27H25N3O5. The summed E-state index contributed by atoms with van der Waals surface area (Å²) < 4.78 is 16.4. The van der Waals surface area contributed by atoms with Gasteiger partial charge in [-0.1, -0.05) is 0 Å². The molecule has 2 aromatic heterocycles. The van der Waals surface area contributed by atoms with Crippen LogP contribution in [-0.2, 0) is 6.42 Å². The van der Waals surface area contributed by atoms with Crippen molar-refractivity contribution in [1.29, 1.82) is 0 Å². The highest BCUT2D eigenvalue weighted by Gasteiger charge is 2.35. The third kappa shape index (κ3) is 3.97. The summed E-state index contributed by atoms with van der Waals surface area (Å²) in [5, 5.41) is 0.808. The Morgan fingerprint density at radius 2 is 1.69 bits per heavy atom. The first-order valence-corrected chi connectivity index (χ1v) is 11.2. The molecule has 5 rings (SSSR count). The molecule has 8 heteroatoms. The Morgan fingerprint density at radius 3 is 2.40 bits per heavy atom. The zero-order chi connectivity index (χ0) is 24.5. The van der Waals surface area contributed by atoms with Gasteiger partial charge in [0.05, 0.1) is 27.4 Å². The van der Waals surface area contributed by atoms with E-state index < -0.39 is 6.04 Å². The molecule has 1 amide bonds. The lowest BCUT2D eigenvalue weighted by Crippen LogP contribution is -2.42. The number of nitrogens with one attached hydrogen (secondary N) is 1. The Balaban J connectivity index is 1.74. The summed E-state index contributed by atoms with van der Waals surface area (Å²) in [5.41, 5.74) is 3.22. The summed E-state index contributed by atoms with van der Waals surface area (Å²) in [6.07, 6.45) is 3.79. The van der Waals surface area contributed by atoms with E-state index in [-0.39, 0.29) is 11.5 Å². The van der Waals surface area contributed by atoms with E-state index in [2.05, 4.69) is 9.97 Å². The van der Waals surface area contributed by atoms with Gasteiger partial charge in [0, 0.05) is 41.0 Å². The van der Waals surface area contributed by atoms with Crippen LogP contribution in [-0.4, -0.2) is 48.6 Å². The molecule has 4 aromatic rings. The molecule has 1 unspecified atom stereocenters. The first-order valence-electron chi connectivity index (χ1n) is 11.2. The second-order valence-corrected chi connectivity index (χ2v) is 8.30. The molecule has 1 N–H and O–H groups in total. The van der Waals surface area contributed by atoms with Crippen LogP contribution in [0.4, 0.5) is 0 Å². The predicted octanol–water partition coefficient (Wildman–Crippen LogP) is 3.74. The van der Waals surface area contributed by atoms with E-state index in [1.807, 2.05) is 30.3 Å². The zero-order valence-electron chi connectivity index (χ0n) is 19.7. The van der Waals surface area contributed by atoms with E-state index >= 15 is 0 Å². The summed E-state index contributed by atoms with van der Waals surface area (Å²) >= 11 is 0. The number of fused-ring (bicyclic) bond motifs is 2. The number of nitrogens with zero attached hydrogens (tertiary/aromatic N) is 2. The summed E-state index contributed by atoms with van der Waals surface area (Å²) in [6.45, 7) is 0.434. The van der Waals surface area contributed by atoms with Gasteiger partial charge >= 0.3 is 0 Å². The number of ether oxygens (including phenoxy) is 3. The first-order chi connectivity index (χ1) is 17.0. The topological polar surface area (TPSA) is 93.8 Å². The van der Waals surface area contributed by atoms with E-state index in [9.17, 15) is 9.59 Å². The fraction of sp³-hybridized carbons (Fsp3) is 0.222. The SMILES string of the molecule is COc1ccc2[nH]c(=O)c(C3c4cc(OC)c(OC)cc4CCN3C(=O)c3ccncc3)cc2c1. The Labute approximate surface area is 202 Å². The Morgan fingerprint density at radius 1 is 0.943 bits per heavy atom. The first kappa shape index (κ1) is 22.5. The van der Waals surface area contributed by atoms with Crippen molar-refractivity contribution in [1.82, 2.24) is 14.9 Å². The van der Waals surface area contributed by atoms with Crippen molar-refractivity contribution in [3.8, 4) is 17.2 Å². The van der Waals surface area contributed by atoms with E-state index in [0.717, 1.165) is 16.5 Å². The van der Waals surface area contributed by atoms with Crippen molar-refractivity contribution < 1.29 is 19.0 Å². The standard InChI is InChI=1S/C27H25N3O5/c1-33-19-4-5-22-18(12-19)13-21(26(31)29-22)25-20-15-24(35-3)23(34-2)14-17(20)8-11-30(25)27(32)16-6-9-28-10-7-16/h4-7,9-10,12-15,25H,8,11H2,1-3H3,(H,29,31). The van der Waals surface area contributed by atoms with Gasteiger partial charge < -0.3 is 24.1 Å². The van der Waals surface area contributed by atoms with Gasteiger partial charge in [0.15, 0.2) is 11.5 Å². The van der Waals surface area contributed by atoms with Crippen LogP contribution in [0.15, 0.2) is 65.7 Å². The van der Waals surface area contributed by atoms with Crippen molar-refractivity contribution in [2.24, 2.45) is 0 Å². The molecule has 0 saturated heterocycles. The molecule has 0 bridgehead atoms. The number of pyridine rings is 2. The molecule has 1 atom stereocenters. The Hall–Kier alpha value is -4.33. The third-order valence-corrected chi connectivity index (χ3v) is 6.44. The van der Waals surface area contributed by atoms with Gasteiger partial charge in [0.1, 0.15) is 5.75 Å². The molecule has 0 aliphatic carbocycles. The van der Waals surface area contributed by atoms with Crippen molar-refractivity contribution in [2.45, 2.75) is 12.5 Å². The molecule has 8 nitrogen and oxygen atoms in total. The number of hydrogen-bond donors (Lipinski definition) is 1. The second-order valence-electron chi connectivity index (χ2n) is 8.30. The van der Waals surface area contributed by atoms with Crippen LogP contribution in [0, 0.1) is 0 Å². The average molecular weight is 472 g/mol. The number of benzene rings is 2. The van der Waals surface area contributed by atoms with Crippen LogP contribution in [0.25, 0.3) is 10.9 Å². The van der Waals surface area contributed by atoms with Crippen LogP contribution >= 0.6 is 0 Å². The highest BCUT2D eigenvalue weighted by atomic mass is 16.5. The minimum Gasteiger partial charge on any atom is -0.497 e. The van der Waals surface area contributed by atoms with Crippen molar-refractivity contribution >= 4 is 16.8 Å². The molecule has 3 heterocycles. The molecule has 0 spiro atoms. The highest BCUT2D eigenvalue weighted by Crippen LogP contribution is 2.41. The van der Waals surface area contributed by atoms with Crippen molar-refractivity contribution in [2.75, 3.05) is 27.9 Å². The number of H-pyrrole nitrogens is 1. The number of carbonyl (C=O) groups is 1. The van der Waals surface area contributed by atoms with Gasteiger partial charge in [-0.3, -0.25) is 14.6 Å². The minimum absolute atomic E-state index is 0.178. The fourth-order valence-corrected chi connectivity index (χ4v) is 4.69. The van der Waals surface area contributed by atoms with Gasteiger partial charge in [0.2, 0.25) is 0 Å². The number of hydrogen-bond acceptors (Lipinski definition) is 6. The number of aromatic amines is 1. The Kier molecular flexibility index (Phi) is 5.86. The number of aromatic nitrogens is 2. The smallest absolute Gasteiger partial charge is 0.254 e. The molecule has 0 fully saturated rings. The average Bonchev–Trinajstić information content (AvgIpc) is 2.91. The molecular weight excluding hydrogens is 446 g/mol. The van der Waals surface area contributed by atoms with E-state index in [1.165, 1.54) is 0 Å². The molecule has 2 aromatic carbocycles. The van der Waals surface area contributed by atoms with Crippen LogP contribution in [0.1, 0.15) is 33.1 Å². The van der Waals surface area contributed by atoms with Crippen LogP contribution in [0.2, 0.25) is 0 Å². The summed E-state index contributed by atoms with van der Waals surface area (Å²) in [7, 11) is 4.75. The largest absolute Gasteiger partial charge is 0.497 e. The maximum absolute atomic E-state index is 13.7. The predicted molar refractivity (Wildman–Crippen MR) is 131 cm³/mol. The number of carbonyl (C=O) groups excluding carboxylic acids is 1. The Bertz CT molecular complexity index is 1470. The molecule has 0 radical (unpaired) electrons. The number of methoxy groups -OCH3 is 3.